The topological polar surface area (TPSA) is 17.1 Å². The van der Waals surface area contributed by atoms with Crippen molar-refractivity contribution >= 4 is 6.29 Å². The first kappa shape index (κ1) is 7.33. The molecule has 0 aromatic heterocycles. The van der Waals surface area contributed by atoms with E-state index in [0.29, 0.717) is 5.92 Å². The summed E-state index contributed by atoms with van der Waals surface area (Å²) < 4.78 is 0. The van der Waals surface area contributed by atoms with E-state index in [9.17, 15) is 4.79 Å². The highest BCUT2D eigenvalue weighted by atomic mass is 16.1. The van der Waals surface area contributed by atoms with E-state index >= 15 is 0 Å². The highest BCUT2D eigenvalue weighted by molar-refractivity contribution is 5.54. The van der Waals surface area contributed by atoms with Crippen LogP contribution < -0.4 is 0 Å². The summed E-state index contributed by atoms with van der Waals surface area (Å²) in [6, 6.07) is 0. The van der Waals surface area contributed by atoms with Gasteiger partial charge < -0.3 is 0 Å². The molecule has 0 aromatic carbocycles. The molecule has 4 unspecified atom stereocenters. The fourth-order valence-corrected chi connectivity index (χ4v) is 2.99. The molecule has 0 N–H and O–H groups in total. The standard InChI is InChI=1S/C10H15O/c1-7(6-11)10-5-8-2-3-9(10)4-8/h7-10H,2-5H2,1H3. The van der Waals surface area contributed by atoms with Crippen LogP contribution in [0.15, 0.2) is 0 Å². The molecular weight excluding hydrogens is 136 g/mol. The Hall–Kier alpha value is -0.330. The predicted octanol–water partition coefficient (Wildman–Crippen LogP) is 2.17. The molecule has 2 saturated carbocycles. The Morgan fingerprint density at radius 3 is 2.64 bits per heavy atom. The van der Waals surface area contributed by atoms with Crippen LogP contribution in [0.1, 0.15) is 32.6 Å². The molecule has 4 atom stereocenters. The molecule has 0 spiro atoms. The number of hydrogen-bond acceptors (Lipinski definition) is 1. The van der Waals surface area contributed by atoms with Crippen molar-refractivity contribution in [3.63, 3.8) is 0 Å². The monoisotopic (exact) mass is 151 g/mol. The first-order valence-electron chi connectivity index (χ1n) is 4.69. The molecule has 1 radical (unpaired) electrons. The summed E-state index contributed by atoms with van der Waals surface area (Å²) in [7, 11) is 0. The zero-order valence-corrected chi connectivity index (χ0v) is 7.05. The molecule has 0 amide bonds. The summed E-state index contributed by atoms with van der Waals surface area (Å²) >= 11 is 0. The van der Waals surface area contributed by atoms with Crippen molar-refractivity contribution < 1.29 is 4.79 Å². The molecule has 0 aromatic rings. The lowest BCUT2D eigenvalue weighted by Gasteiger charge is -2.23. The maximum absolute atomic E-state index is 10.4. The van der Waals surface area contributed by atoms with Crippen LogP contribution in [0.2, 0.25) is 0 Å². The fourth-order valence-electron chi connectivity index (χ4n) is 2.99. The van der Waals surface area contributed by atoms with Crippen LogP contribution in [0, 0.1) is 23.7 Å². The van der Waals surface area contributed by atoms with E-state index in [1.54, 1.807) is 0 Å². The van der Waals surface area contributed by atoms with Gasteiger partial charge in [0.2, 0.25) is 6.29 Å². The fraction of sp³-hybridized carbons (Fsp3) is 0.900. The molecule has 2 aliphatic carbocycles. The summed E-state index contributed by atoms with van der Waals surface area (Å²) in [6.45, 7) is 2.03. The second kappa shape index (κ2) is 2.62. The van der Waals surface area contributed by atoms with E-state index in [0.717, 1.165) is 11.8 Å². The lowest BCUT2D eigenvalue weighted by molar-refractivity contribution is 0.282. The summed E-state index contributed by atoms with van der Waals surface area (Å²) in [5.74, 6) is 2.72. The van der Waals surface area contributed by atoms with E-state index in [2.05, 4.69) is 6.29 Å². The molecule has 2 aliphatic rings. The van der Waals surface area contributed by atoms with Gasteiger partial charge in [0, 0.05) is 5.92 Å². The van der Waals surface area contributed by atoms with Crippen molar-refractivity contribution in [3.8, 4) is 0 Å². The van der Waals surface area contributed by atoms with E-state index in [-0.39, 0.29) is 5.92 Å². The minimum absolute atomic E-state index is 0.199. The van der Waals surface area contributed by atoms with Crippen LogP contribution in [-0.4, -0.2) is 6.29 Å². The van der Waals surface area contributed by atoms with Crippen molar-refractivity contribution in [2.75, 3.05) is 0 Å². The van der Waals surface area contributed by atoms with E-state index < -0.39 is 0 Å². The van der Waals surface area contributed by atoms with Crippen molar-refractivity contribution in [3.05, 3.63) is 0 Å². The van der Waals surface area contributed by atoms with Crippen LogP contribution >= 0.6 is 0 Å². The SMILES string of the molecule is CC([C]=O)C1CC2CCC1C2. The normalized spacial score (nSPS) is 44.3. The highest BCUT2D eigenvalue weighted by Crippen LogP contribution is 2.50. The van der Waals surface area contributed by atoms with Gasteiger partial charge in [-0.2, -0.15) is 0 Å². The van der Waals surface area contributed by atoms with E-state index in [1.807, 2.05) is 6.92 Å². The van der Waals surface area contributed by atoms with Gasteiger partial charge in [-0.05, 0) is 37.0 Å². The number of hydrogen-bond donors (Lipinski definition) is 0. The molecule has 0 aliphatic heterocycles. The third-order valence-corrected chi connectivity index (χ3v) is 3.62. The Bertz CT molecular complexity index is 164. The molecule has 11 heavy (non-hydrogen) atoms. The predicted molar refractivity (Wildman–Crippen MR) is 43.8 cm³/mol. The van der Waals surface area contributed by atoms with Crippen molar-refractivity contribution in [1.29, 1.82) is 0 Å². The van der Waals surface area contributed by atoms with Crippen LogP contribution in [0.4, 0.5) is 0 Å². The molecule has 61 valence electrons. The quantitative estimate of drug-likeness (QED) is 0.591. The van der Waals surface area contributed by atoms with E-state index in [4.69, 9.17) is 0 Å². The number of carbonyl (C=O) groups excluding carboxylic acids is 1. The average molecular weight is 151 g/mol. The lowest BCUT2D eigenvalue weighted by Crippen LogP contribution is -2.19. The summed E-state index contributed by atoms with van der Waals surface area (Å²) in [4.78, 5) is 10.4. The third kappa shape index (κ3) is 1.11. The van der Waals surface area contributed by atoms with Gasteiger partial charge in [0.25, 0.3) is 0 Å². The Labute approximate surface area is 68.2 Å². The smallest absolute Gasteiger partial charge is 0.201 e. The average Bonchev–Trinajstić information content (AvgIpc) is 2.62. The van der Waals surface area contributed by atoms with Crippen LogP contribution in [0.3, 0.4) is 0 Å². The number of rotatable bonds is 2. The minimum Gasteiger partial charge on any atom is -0.291 e. The Kier molecular flexibility index (Phi) is 1.74. The second-order valence-corrected chi connectivity index (χ2v) is 4.25. The molecule has 1 nitrogen and oxygen atoms in total. The zero-order valence-electron chi connectivity index (χ0n) is 7.05. The molecule has 0 heterocycles. The summed E-state index contributed by atoms with van der Waals surface area (Å²) in [5, 5.41) is 0. The first-order valence-corrected chi connectivity index (χ1v) is 4.69. The summed E-state index contributed by atoms with van der Waals surface area (Å²) in [6.07, 6.45) is 7.65. The Balaban J connectivity index is 2.01. The Morgan fingerprint density at radius 1 is 1.36 bits per heavy atom. The minimum atomic E-state index is 0.199. The van der Waals surface area contributed by atoms with Crippen molar-refractivity contribution in [1.82, 2.24) is 0 Å². The van der Waals surface area contributed by atoms with Crippen LogP contribution in [0.5, 0.6) is 0 Å². The third-order valence-electron chi connectivity index (χ3n) is 3.62. The number of fused-ring (bicyclic) bond motifs is 2. The lowest BCUT2D eigenvalue weighted by atomic mass is 9.81. The van der Waals surface area contributed by atoms with Gasteiger partial charge in [-0.25, -0.2) is 0 Å². The molecule has 0 saturated heterocycles. The van der Waals surface area contributed by atoms with Crippen molar-refractivity contribution in [2.45, 2.75) is 32.6 Å². The second-order valence-electron chi connectivity index (χ2n) is 4.25. The zero-order chi connectivity index (χ0) is 7.84. The van der Waals surface area contributed by atoms with Gasteiger partial charge in [-0.15, -0.1) is 0 Å². The first-order chi connectivity index (χ1) is 5.31. The van der Waals surface area contributed by atoms with E-state index in [1.165, 1.54) is 25.7 Å². The van der Waals surface area contributed by atoms with Crippen molar-refractivity contribution in [2.24, 2.45) is 23.7 Å². The van der Waals surface area contributed by atoms with Crippen LogP contribution in [0.25, 0.3) is 0 Å². The van der Waals surface area contributed by atoms with Gasteiger partial charge in [0.15, 0.2) is 0 Å². The maximum Gasteiger partial charge on any atom is 0.201 e. The van der Waals surface area contributed by atoms with Gasteiger partial charge in [-0.3, -0.25) is 4.79 Å². The van der Waals surface area contributed by atoms with Gasteiger partial charge in [0.05, 0.1) is 0 Å². The van der Waals surface area contributed by atoms with Gasteiger partial charge in [0.1, 0.15) is 0 Å². The van der Waals surface area contributed by atoms with Gasteiger partial charge in [-0.1, -0.05) is 13.3 Å². The van der Waals surface area contributed by atoms with Gasteiger partial charge >= 0.3 is 0 Å². The Morgan fingerprint density at radius 2 is 2.18 bits per heavy atom. The van der Waals surface area contributed by atoms with Crippen LogP contribution in [-0.2, 0) is 4.79 Å². The molecule has 1 heteroatoms. The molecule has 2 bridgehead atoms. The summed E-state index contributed by atoms with van der Waals surface area (Å²) in [5.41, 5.74) is 0. The maximum atomic E-state index is 10.4. The molecule has 2 fully saturated rings. The molecular formula is C10H15O. The largest absolute Gasteiger partial charge is 0.291 e. The highest BCUT2D eigenvalue weighted by Gasteiger charge is 2.41. The molecule has 2 rings (SSSR count).